The number of rotatable bonds is 4. The maximum absolute atomic E-state index is 12.6. The van der Waals surface area contributed by atoms with Crippen molar-refractivity contribution in [2.45, 2.75) is 6.92 Å². The van der Waals surface area contributed by atoms with E-state index in [-0.39, 0.29) is 11.8 Å². The summed E-state index contributed by atoms with van der Waals surface area (Å²) in [6, 6.07) is 22.4. The Hall–Kier alpha value is -3.93. The van der Waals surface area contributed by atoms with E-state index in [1.807, 2.05) is 41.0 Å². The summed E-state index contributed by atoms with van der Waals surface area (Å²) in [7, 11) is 0. The van der Waals surface area contributed by atoms with E-state index in [0.29, 0.717) is 16.9 Å². The van der Waals surface area contributed by atoms with Gasteiger partial charge in [-0.15, -0.1) is 0 Å². The molecule has 0 spiro atoms. The first-order valence-corrected chi connectivity index (χ1v) is 8.82. The van der Waals surface area contributed by atoms with E-state index in [1.165, 1.54) is 6.92 Å². The number of para-hydroxylation sites is 1. The summed E-state index contributed by atoms with van der Waals surface area (Å²) >= 11 is 0. The van der Waals surface area contributed by atoms with Crippen LogP contribution >= 0.6 is 0 Å². The molecule has 28 heavy (non-hydrogen) atoms. The fraction of sp³-hybridized carbons (Fsp3) is 0.0455. The van der Waals surface area contributed by atoms with Crippen LogP contribution in [0.15, 0.2) is 79.1 Å². The van der Waals surface area contributed by atoms with Crippen LogP contribution in [0.1, 0.15) is 17.3 Å². The van der Waals surface area contributed by atoms with Gasteiger partial charge in [0.05, 0.1) is 11.0 Å². The summed E-state index contributed by atoms with van der Waals surface area (Å²) in [4.78, 5) is 28.3. The molecule has 0 aliphatic carbocycles. The van der Waals surface area contributed by atoms with Crippen molar-refractivity contribution in [2.75, 3.05) is 10.6 Å². The topological polar surface area (TPSA) is 76.0 Å². The van der Waals surface area contributed by atoms with Gasteiger partial charge in [-0.1, -0.05) is 24.3 Å². The van der Waals surface area contributed by atoms with Crippen LogP contribution in [-0.4, -0.2) is 21.4 Å². The average Bonchev–Trinajstić information content (AvgIpc) is 3.11. The van der Waals surface area contributed by atoms with Crippen molar-refractivity contribution in [3.8, 4) is 5.69 Å². The minimum atomic E-state index is -0.240. The molecule has 4 rings (SSSR count). The number of imidazole rings is 1. The van der Waals surface area contributed by atoms with Crippen LogP contribution in [0.25, 0.3) is 16.7 Å². The number of carbonyl (C=O) groups excluding carboxylic acids is 2. The predicted molar refractivity (Wildman–Crippen MR) is 110 cm³/mol. The number of anilines is 2. The lowest BCUT2D eigenvalue weighted by Gasteiger charge is -2.08. The third-order valence-electron chi connectivity index (χ3n) is 4.28. The summed E-state index contributed by atoms with van der Waals surface area (Å²) in [6.07, 6.45) is 1.75. The highest BCUT2D eigenvalue weighted by molar-refractivity contribution is 6.06. The second kappa shape index (κ2) is 7.36. The molecule has 0 saturated carbocycles. The third-order valence-corrected chi connectivity index (χ3v) is 4.28. The molecule has 138 valence electrons. The summed E-state index contributed by atoms with van der Waals surface area (Å²) in [5.74, 6) is -0.404. The van der Waals surface area contributed by atoms with Gasteiger partial charge < -0.3 is 10.6 Å². The van der Waals surface area contributed by atoms with Gasteiger partial charge in [0.25, 0.3) is 5.91 Å². The molecule has 6 heteroatoms. The number of fused-ring (bicyclic) bond motifs is 1. The van der Waals surface area contributed by atoms with Crippen molar-refractivity contribution in [2.24, 2.45) is 0 Å². The molecule has 0 bridgehead atoms. The lowest BCUT2D eigenvalue weighted by atomic mass is 10.1. The van der Waals surface area contributed by atoms with E-state index < -0.39 is 0 Å². The first kappa shape index (κ1) is 17.5. The first-order valence-electron chi connectivity index (χ1n) is 8.82. The number of amides is 2. The van der Waals surface area contributed by atoms with Gasteiger partial charge >= 0.3 is 0 Å². The van der Waals surface area contributed by atoms with Crippen molar-refractivity contribution < 1.29 is 9.59 Å². The zero-order chi connectivity index (χ0) is 19.5. The standard InChI is InChI=1S/C22H18N4O2/c1-15(27)24-17-6-5-7-18(13-17)25-22(28)16-10-11-21-20(12-16)23-14-26(21)19-8-3-2-4-9-19/h2-14H,1H3,(H,24,27)(H,25,28). The molecule has 2 amide bonds. The van der Waals surface area contributed by atoms with Crippen molar-refractivity contribution >= 4 is 34.2 Å². The van der Waals surface area contributed by atoms with Gasteiger partial charge in [-0.25, -0.2) is 4.98 Å². The van der Waals surface area contributed by atoms with Gasteiger partial charge in [0.1, 0.15) is 6.33 Å². The van der Waals surface area contributed by atoms with E-state index in [4.69, 9.17) is 0 Å². The number of nitrogens with zero attached hydrogens (tertiary/aromatic N) is 2. The van der Waals surface area contributed by atoms with Gasteiger partial charge in [0.2, 0.25) is 5.91 Å². The molecule has 4 aromatic rings. The Kier molecular flexibility index (Phi) is 4.60. The maximum Gasteiger partial charge on any atom is 0.255 e. The molecule has 0 atom stereocenters. The lowest BCUT2D eigenvalue weighted by Crippen LogP contribution is -2.12. The Balaban J connectivity index is 1.58. The molecule has 6 nitrogen and oxygen atoms in total. The summed E-state index contributed by atoms with van der Waals surface area (Å²) in [5.41, 5.74) is 4.42. The van der Waals surface area contributed by atoms with Crippen LogP contribution in [0.4, 0.5) is 11.4 Å². The second-order valence-electron chi connectivity index (χ2n) is 6.37. The molecule has 1 heterocycles. The molecule has 0 aliphatic rings. The van der Waals surface area contributed by atoms with E-state index in [9.17, 15) is 9.59 Å². The number of carbonyl (C=O) groups is 2. The van der Waals surface area contributed by atoms with Crippen molar-refractivity contribution in [1.82, 2.24) is 9.55 Å². The smallest absolute Gasteiger partial charge is 0.255 e. The third kappa shape index (κ3) is 3.61. The van der Waals surface area contributed by atoms with Crippen molar-refractivity contribution in [3.05, 3.63) is 84.7 Å². The van der Waals surface area contributed by atoms with E-state index in [2.05, 4.69) is 15.6 Å². The zero-order valence-electron chi connectivity index (χ0n) is 15.2. The minimum Gasteiger partial charge on any atom is -0.326 e. The number of nitrogens with one attached hydrogen (secondary N) is 2. The zero-order valence-corrected chi connectivity index (χ0v) is 15.2. The Morgan fingerprint density at radius 3 is 2.36 bits per heavy atom. The van der Waals surface area contributed by atoms with Gasteiger partial charge in [-0.3, -0.25) is 14.2 Å². The van der Waals surface area contributed by atoms with Crippen LogP contribution in [0, 0.1) is 0 Å². The SMILES string of the molecule is CC(=O)Nc1cccc(NC(=O)c2ccc3c(c2)ncn3-c2ccccc2)c1. The Morgan fingerprint density at radius 2 is 1.61 bits per heavy atom. The van der Waals surface area contributed by atoms with E-state index in [1.54, 1.807) is 42.7 Å². The van der Waals surface area contributed by atoms with E-state index in [0.717, 1.165) is 16.7 Å². The van der Waals surface area contributed by atoms with Crippen LogP contribution in [0.2, 0.25) is 0 Å². The molecule has 2 N–H and O–H groups in total. The Labute approximate surface area is 161 Å². The fourth-order valence-electron chi connectivity index (χ4n) is 3.03. The average molecular weight is 370 g/mol. The number of aromatic nitrogens is 2. The van der Waals surface area contributed by atoms with Crippen molar-refractivity contribution in [3.63, 3.8) is 0 Å². The molecule has 0 unspecified atom stereocenters. The van der Waals surface area contributed by atoms with Gasteiger partial charge in [0, 0.05) is 29.5 Å². The van der Waals surface area contributed by atoms with Crippen LogP contribution < -0.4 is 10.6 Å². The first-order chi connectivity index (χ1) is 13.6. The number of hydrogen-bond donors (Lipinski definition) is 2. The molecule has 0 saturated heterocycles. The van der Waals surface area contributed by atoms with Crippen LogP contribution in [0.3, 0.4) is 0 Å². The Bertz CT molecular complexity index is 1170. The molecule has 0 radical (unpaired) electrons. The number of hydrogen-bond acceptors (Lipinski definition) is 3. The fourth-order valence-corrected chi connectivity index (χ4v) is 3.03. The maximum atomic E-state index is 12.6. The molecular formula is C22H18N4O2. The Morgan fingerprint density at radius 1 is 0.857 bits per heavy atom. The molecule has 3 aromatic carbocycles. The lowest BCUT2D eigenvalue weighted by molar-refractivity contribution is -0.114. The van der Waals surface area contributed by atoms with Gasteiger partial charge in [-0.05, 0) is 48.5 Å². The molecular weight excluding hydrogens is 352 g/mol. The van der Waals surface area contributed by atoms with Crippen molar-refractivity contribution in [1.29, 1.82) is 0 Å². The summed E-state index contributed by atoms with van der Waals surface area (Å²) in [6.45, 7) is 1.44. The van der Waals surface area contributed by atoms with Crippen LogP contribution in [0.5, 0.6) is 0 Å². The minimum absolute atomic E-state index is 0.164. The number of benzene rings is 3. The molecule has 0 aliphatic heterocycles. The molecule has 0 fully saturated rings. The van der Waals surface area contributed by atoms with E-state index >= 15 is 0 Å². The highest BCUT2D eigenvalue weighted by Gasteiger charge is 2.11. The van der Waals surface area contributed by atoms with Gasteiger partial charge in [0.15, 0.2) is 0 Å². The molecule has 1 aromatic heterocycles. The highest BCUT2D eigenvalue weighted by atomic mass is 16.2. The quantitative estimate of drug-likeness (QED) is 0.564. The monoisotopic (exact) mass is 370 g/mol. The highest BCUT2D eigenvalue weighted by Crippen LogP contribution is 2.21. The van der Waals surface area contributed by atoms with Crippen LogP contribution in [-0.2, 0) is 4.79 Å². The largest absolute Gasteiger partial charge is 0.326 e. The normalized spacial score (nSPS) is 10.6. The summed E-state index contributed by atoms with van der Waals surface area (Å²) in [5, 5.41) is 5.55. The van der Waals surface area contributed by atoms with Gasteiger partial charge in [-0.2, -0.15) is 0 Å². The summed E-state index contributed by atoms with van der Waals surface area (Å²) < 4.78 is 1.98. The second-order valence-corrected chi connectivity index (χ2v) is 6.37. The predicted octanol–water partition coefficient (Wildman–Crippen LogP) is 4.24.